The van der Waals surface area contributed by atoms with Crippen molar-refractivity contribution in [2.24, 2.45) is 28.6 Å². The summed E-state index contributed by atoms with van der Waals surface area (Å²) in [4.78, 5) is 11.6. The van der Waals surface area contributed by atoms with Crippen LogP contribution in [0.4, 0.5) is 0 Å². The van der Waals surface area contributed by atoms with E-state index < -0.39 is 5.97 Å². The monoisotopic (exact) mass is 316 g/mol. The Balaban J connectivity index is 1.67. The van der Waals surface area contributed by atoms with E-state index in [-0.39, 0.29) is 16.9 Å². The van der Waals surface area contributed by atoms with Crippen LogP contribution in [-0.4, -0.2) is 22.3 Å². The lowest BCUT2D eigenvalue weighted by atomic mass is 9.47. The Morgan fingerprint density at radius 2 is 1.83 bits per heavy atom. The summed E-state index contributed by atoms with van der Waals surface area (Å²) in [6.07, 6.45) is 11.2. The molecule has 2 fully saturated rings. The molecule has 0 unspecified atom stereocenters. The van der Waals surface area contributed by atoms with E-state index in [4.69, 9.17) is 0 Å². The number of carboxylic acid groups (broad SMARTS) is 1. The minimum absolute atomic E-state index is 0.136. The zero-order chi connectivity index (χ0) is 16.4. The van der Waals surface area contributed by atoms with Gasteiger partial charge >= 0.3 is 5.97 Å². The highest BCUT2D eigenvalue weighted by Gasteiger charge is 2.57. The molecular weight excluding hydrogens is 288 g/mol. The molecule has 0 bridgehead atoms. The fraction of sp³-hybridized carbons (Fsp3) is 0.750. The minimum atomic E-state index is -0.715. The first-order valence-corrected chi connectivity index (χ1v) is 9.18. The van der Waals surface area contributed by atoms with Crippen molar-refractivity contribution in [2.75, 3.05) is 0 Å². The topological polar surface area (TPSA) is 57.5 Å². The fourth-order valence-electron chi connectivity index (χ4n) is 6.54. The van der Waals surface area contributed by atoms with Gasteiger partial charge in [-0.25, -0.2) is 4.79 Å². The average Bonchev–Trinajstić information content (AvgIpc) is 2.85. The van der Waals surface area contributed by atoms with E-state index in [1.165, 1.54) is 5.57 Å². The second-order valence-electron chi connectivity index (χ2n) is 8.77. The van der Waals surface area contributed by atoms with Crippen LogP contribution in [0.1, 0.15) is 58.8 Å². The van der Waals surface area contributed by atoms with E-state index in [0.717, 1.165) is 44.9 Å². The van der Waals surface area contributed by atoms with Crippen LogP contribution in [0.15, 0.2) is 23.3 Å². The molecule has 6 atom stereocenters. The third-order valence-corrected chi connectivity index (χ3v) is 7.89. The zero-order valence-corrected chi connectivity index (χ0v) is 14.2. The minimum Gasteiger partial charge on any atom is -0.478 e. The molecule has 3 nitrogen and oxygen atoms in total. The molecule has 0 heterocycles. The Morgan fingerprint density at radius 3 is 2.57 bits per heavy atom. The van der Waals surface area contributed by atoms with Crippen LogP contribution in [-0.2, 0) is 4.79 Å². The normalized spacial score (nSPS) is 48.7. The molecule has 0 aromatic heterocycles. The van der Waals surface area contributed by atoms with Crippen molar-refractivity contribution in [2.45, 2.75) is 64.9 Å². The molecule has 0 aliphatic heterocycles. The van der Waals surface area contributed by atoms with Gasteiger partial charge in [0.25, 0.3) is 0 Å². The largest absolute Gasteiger partial charge is 0.478 e. The number of aliphatic hydroxyl groups is 1. The third-order valence-electron chi connectivity index (χ3n) is 7.89. The SMILES string of the molecule is C[C@]12CC[C@@H](O)CC1=CC[C@@H]1[C@@H]2CC[C@]2(C)C(C(=O)O)=CC[C@@H]12. The van der Waals surface area contributed by atoms with E-state index in [2.05, 4.69) is 19.9 Å². The maximum atomic E-state index is 11.6. The number of fused-ring (bicyclic) bond motifs is 5. The number of carbonyl (C=O) groups is 1. The standard InChI is InChI=1S/C20H28O3/c1-19-9-7-13(21)11-12(19)3-4-14-15-5-6-17(18(22)23)20(15,2)10-8-16(14)19/h3,6,13-16,21H,4-5,7-11H2,1-2H3,(H,22,23)/t13-,14+,15+,16+,19+,20+/m1/s1. The van der Waals surface area contributed by atoms with Gasteiger partial charge in [0.1, 0.15) is 0 Å². The van der Waals surface area contributed by atoms with Crippen molar-refractivity contribution in [1.82, 2.24) is 0 Å². The molecule has 4 aliphatic rings. The fourth-order valence-corrected chi connectivity index (χ4v) is 6.54. The van der Waals surface area contributed by atoms with Crippen molar-refractivity contribution in [3.63, 3.8) is 0 Å². The van der Waals surface area contributed by atoms with Gasteiger partial charge in [-0.2, -0.15) is 0 Å². The maximum absolute atomic E-state index is 11.6. The quantitative estimate of drug-likeness (QED) is 0.721. The number of rotatable bonds is 1. The van der Waals surface area contributed by atoms with E-state index >= 15 is 0 Å². The molecule has 2 N–H and O–H groups in total. The van der Waals surface area contributed by atoms with Gasteiger partial charge in [0.15, 0.2) is 0 Å². The first-order chi connectivity index (χ1) is 10.9. The Hall–Kier alpha value is -1.09. The predicted octanol–water partition coefficient (Wildman–Crippen LogP) is 3.93. The molecular formula is C20H28O3. The molecule has 0 aromatic rings. The second-order valence-corrected chi connectivity index (χ2v) is 8.77. The first-order valence-electron chi connectivity index (χ1n) is 9.18. The van der Waals surface area contributed by atoms with Crippen molar-refractivity contribution in [3.05, 3.63) is 23.3 Å². The predicted molar refractivity (Wildman–Crippen MR) is 88.8 cm³/mol. The summed E-state index contributed by atoms with van der Waals surface area (Å²) >= 11 is 0. The lowest BCUT2D eigenvalue weighted by Gasteiger charge is -2.57. The van der Waals surface area contributed by atoms with Crippen LogP contribution in [0.25, 0.3) is 0 Å². The highest BCUT2D eigenvalue weighted by molar-refractivity contribution is 5.89. The molecule has 23 heavy (non-hydrogen) atoms. The van der Waals surface area contributed by atoms with Gasteiger partial charge in [-0.1, -0.05) is 31.6 Å². The first kappa shape index (κ1) is 15.4. The lowest BCUT2D eigenvalue weighted by Crippen LogP contribution is -2.50. The van der Waals surface area contributed by atoms with Crippen molar-refractivity contribution >= 4 is 5.97 Å². The molecule has 4 aliphatic carbocycles. The van der Waals surface area contributed by atoms with Crippen LogP contribution in [0.3, 0.4) is 0 Å². The Labute approximate surface area is 138 Å². The Morgan fingerprint density at radius 1 is 1.09 bits per heavy atom. The van der Waals surface area contributed by atoms with Crippen LogP contribution >= 0.6 is 0 Å². The van der Waals surface area contributed by atoms with Gasteiger partial charge in [0, 0.05) is 11.0 Å². The maximum Gasteiger partial charge on any atom is 0.331 e. The molecule has 0 amide bonds. The number of aliphatic carboxylic acids is 1. The zero-order valence-electron chi connectivity index (χ0n) is 14.2. The number of hydrogen-bond acceptors (Lipinski definition) is 2. The molecule has 4 rings (SSSR count). The summed E-state index contributed by atoms with van der Waals surface area (Å²) in [7, 11) is 0. The van der Waals surface area contributed by atoms with E-state index in [0.29, 0.717) is 23.3 Å². The summed E-state index contributed by atoms with van der Waals surface area (Å²) in [5.41, 5.74) is 2.24. The molecule has 126 valence electrons. The molecule has 0 aromatic carbocycles. The Kier molecular flexibility index (Phi) is 3.32. The number of allylic oxidation sites excluding steroid dienone is 2. The van der Waals surface area contributed by atoms with Gasteiger partial charge < -0.3 is 10.2 Å². The summed E-state index contributed by atoms with van der Waals surface area (Å²) in [5, 5.41) is 19.6. The average molecular weight is 316 g/mol. The van der Waals surface area contributed by atoms with Gasteiger partial charge in [-0.15, -0.1) is 0 Å². The highest BCUT2D eigenvalue weighted by atomic mass is 16.4. The summed E-state index contributed by atoms with van der Waals surface area (Å²) in [5.74, 6) is 1.03. The molecule has 0 spiro atoms. The molecule has 0 radical (unpaired) electrons. The molecule has 3 heteroatoms. The van der Waals surface area contributed by atoms with Crippen molar-refractivity contribution in [1.29, 1.82) is 0 Å². The van der Waals surface area contributed by atoms with Crippen LogP contribution in [0.5, 0.6) is 0 Å². The van der Waals surface area contributed by atoms with Crippen LogP contribution in [0, 0.1) is 28.6 Å². The van der Waals surface area contributed by atoms with Crippen molar-refractivity contribution < 1.29 is 15.0 Å². The third kappa shape index (κ3) is 2.02. The van der Waals surface area contributed by atoms with Gasteiger partial charge in [0.2, 0.25) is 0 Å². The lowest BCUT2D eigenvalue weighted by molar-refractivity contribution is -0.135. The van der Waals surface area contributed by atoms with Crippen LogP contribution < -0.4 is 0 Å². The highest BCUT2D eigenvalue weighted by Crippen LogP contribution is 2.64. The smallest absolute Gasteiger partial charge is 0.331 e. The number of aliphatic hydroxyl groups excluding tert-OH is 1. The van der Waals surface area contributed by atoms with E-state index in [1.54, 1.807) is 0 Å². The molecule has 0 saturated heterocycles. The van der Waals surface area contributed by atoms with Crippen LogP contribution in [0.2, 0.25) is 0 Å². The van der Waals surface area contributed by atoms with Crippen molar-refractivity contribution in [3.8, 4) is 0 Å². The van der Waals surface area contributed by atoms with Gasteiger partial charge in [0.05, 0.1) is 6.10 Å². The second kappa shape index (κ2) is 4.95. The summed E-state index contributed by atoms with van der Waals surface area (Å²) in [6.45, 7) is 4.59. The molecule has 2 saturated carbocycles. The van der Waals surface area contributed by atoms with Gasteiger partial charge in [-0.05, 0) is 68.1 Å². The summed E-state index contributed by atoms with van der Waals surface area (Å²) < 4.78 is 0. The summed E-state index contributed by atoms with van der Waals surface area (Å²) in [6, 6.07) is 0. The van der Waals surface area contributed by atoms with Gasteiger partial charge in [-0.3, -0.25) is 0 Å². The van der Waals surface area contributed by atoms with E-state index in [9.17, 15) is 15.0 Å². The number of hydrogen-bond donors (Lipinski definition) is 2. The van der Waals surface area contributed by atoms with E-state index in [1.807, 2.05) is 6.08 Å². The number of carboxylic acids is 1. The Bertz CT molecular complexity index is 604.